The normalized spacial score (nSPS) is 10.3. The van der Waals surface area contributed by atoms with Gasteiger partial charge in [-0.1, -0.05) is 24.3 Å². The summed E-state index contributed by atoms with van der Waals surface area (Å²) in [6.45, 7) is 2.85. The van der Waals surface area contributed by atoms with Crippen LogP contribution in [0.1, 0.15) is 25.8 Å². The molecular weight excluding hydrogens is 246 g/mol. The third-order valence-corrected chi connectivity index (χ3v) is 3.53. The van der Waals surface area contributed by atoms with E-state index in [0.717, 1.165) is 16.1 Å². The van der Waals surface area contributed by atoms with Gasteiger partial charge in [0.2, 0.25) is 0 Å². The lowest BCUT2D eigenvalue weighted by Gasteiger charge is -2.08. The summed E-state index contributed by atoms with van der Waals surface area (Å²) in [7, 11) is 0. The maximum atomic E-state index is 11.9. The van der Waals surface area contributed by atoms with Crippen LogP contribution in [-0.2, 0) is 13.1 Å². The fourth-order valence-electron chi connectivity index (χ4n) is 1.66. The zero-order valence-electron chi connectivity index (χ0n) is 10.1. The molecule has 18 heavy (non-hydrogen) atoms. The molecule has 0 atom stereocenters. The number of benzene rings is 1. The molecule has 1 aromatic carbocycles. The topological polar surface area (TPSA) is 68.0 Å². The van der Waals surface area contributed by atoms with Crippen LogP contribution in [-0.4, -0.2) is 10.9 Å². The lowest BCUT2D eigenvalue weighted by Crippen LogP contribution is -2.22. The van der Waals surface area contributed by atoms with Gasteiger partial charge in [-0.2, -0.15) is 0 Å². The second-order valence-electron chi connectivity index (χ2n) is 3.90. The van der Waals surface area contributed by atoms with E-state index >= 15 is 0 Å². The molecule has 0 fully saturated rings. The molecule has 1 heterocycles. The number of nitrogens with zero attached hydrogens (tertiary/aromatic N) is 1. The van der Waals surface area contributed by atoms with E-state index in [1.165, 1.54) is 11.3 Å². The van der Waals surface area contributed by atoms with Gasteiger partial charge >= 0.3 is 0 Å². The van der Waals surface area contributed by atoms with E-state index in [1.807, 2.05) is 31.2 Å². The zero-order valence-corrected chi connectivity index (χ0v) is 11.0. The molecule has 1 amide bonds. The number of aryl methyl sites for hydroxylation is 1. The van der Waals surface area contributed by atoms with Crippen LogP contribution in [0.2, 0.25) is 0 Å². The number of carbonyl (C=O) groups is 1. The number of aromatic nitrogens is 1. The fourth-order valence-corrected chi connectivity index (χ4v) is 2.35. The highest BCUT2D eigenvalue weighted by Gasteiger charge is 2.09. The van der Waals surface area contributed by atoms with E-state index < -0.39 is 0 Å². The van der Waals surface area contributed by atoms with Crippen LogP contribution in [0.15, 0.2) is 30.5 Å². The number of amides is 1. The Hall–Kier alpha value is -1.72. The largest absolute Gasteiger partial charge is 0.347 e. The summed E-state index contributed by atoms with van der Waals surface area (Å²) in [4.78, 5) is 16.6. The summed E-state index contributed by atoms with van der Waals surface area (Å²) in [6.07, 6.45) is 1.60. The van der Waals surface area contributed by atoms with Gasteiger partial charge in [0, 0.05) is 13.1 Å². The predicted molar refractivity (Wildman–Crippen MR) is 72.4 cm³/mol. The third kappa shape index (κ3) is 2.94. The Morgan fingerprint density at radius 1 is 1.39 bits per heavy atom. The van der Waals surface area contributed by atoms with E-state index in [4.69, 9.17) is 5.73 Å². The number of hydrogen-bond donors (Lipinski definition) is 2. The van der Waals surface area contributed by atoms with Gasteiger partial charge in [0.15, 0.2) is 0 Å². The molecule has 0 radical (unpaired) electrons. The molecule has 5 heteroatoms. The highest BCUT2D eigenvalue weighted by atomic mass is 32.1. The van der Waals surface area contributed by atoms with Crippen LogP contribution >= 0.6 is 11.3 Å². The first-order valence-electron chi connectivity index (χ1n) is 5.68. The van der Waals surface area contributed by atoms with Crippen molar-refractivity contribution in [2.75, 3.05) is 0 Å². The van der Waals surface area contributed by atoms with Crippen LogP contribution < -0.4 is 11.1 Å². The first-order valence-corrected chi connectivity index (χ1v) is 6.50. The number of nitrogens with one attached hydrogen (secondary N) is 1. The molecule has 2 rings (SSSR count). The number of rotatable bonds is 4. The van der Waals surface area contributed by atoms with Crippen LogP contribution in [0.3, 0.4) is 0 Å². The summed E-state index contributed by atoms with van der Waals surface area (Å²) in [5.41, 5.74) is 7.76. The first kappa shape index (κ1) is 12.7. The first-order chi connectivity index (χ1) is 8.70. The Morgan fingerprint density at radius 2 is 2.11 bits per heavy atom. The Kier molecular flexibility index (Phi) is 4.07. The Labute approximate surface area is 110 Å². The Balaban J connectivity index is 2.01. The average Bonchev–Trinajstić information content (AvgIpc) is 2.83. The van der Waals surface area contributed by atoms with Crippen molar-refractivity contribution in [3.05, 3.63) is 51.5 Å². The monoisotopic (exact) mass is 261 g/mol. The fraction of sp³-hybridized carbons (Fsp3) is 0.231. The maximum Gasteiger partial charge on any atom is 0.263 e. The molecule has 0 saturated heterocycles. The lowest BCUT2D eigenvalue weighted by atomic mass is 10.1. The standard InChI is InChI=1S/C13H15N3OS/c1-9-15-8-12(18-9)13(17)16-7-11-5-3-2-4-10(11)6-14/h2-5,8H,6-7,14H2,1H3,(H,16,17). The minimum absolute atomic E-state index is 0.0903. The summed E-state index contributed by atoms with van der Waals surface area (Å²) in [5.74, 6) is -0.0903. The number of hydrogen-bond acceptors (Lipinski definition) is 4. The van der Waals surface area contributed by atoms with Gasteiger partial charge < -0.3 is 11.1 Å². The molecule has 0 aliphatic heterocycles. The van der Waals surface area contributed by atoms with Gasteiger partial charge in [0.05, 0.1) is 11.2 Å². The van der Waals surface area contributed by atoms with Crippen molar-refractivity contribution in [3.8, 4) is 0 Å². The van der Waals surface area contributed by atoms with E-state index in [-0.39, 0.29) is 5.91 Å². The van der Waals surface area contributed by atoms with Crippen molar-refractivity contribution in [1.29, 1.82) is 0 Å². The molecule has 0 unspecified atom stereocenters. The SMILES string of the molecule is Cc1ncc(C(=O)NCc2ccccc2CN)s1. The molecule has 1 aromatic heterocycles. The highest BCUT2D eigenvalue weighted by molar-refractivity contribution is 7.13. The van der Waals surface area contributed by atoms with Crippen LogP contribution in [0.25, 0.3) is 0 Å². The Morgan fingerprint density at radius 3 is 2.72 bits per heavy atom. The van der Waals surface area contributed by atoms with E-state index in [1.54, 1.807) is 6.20 Å². The van der Waals surface area contributed by atoms with Gasteiger partial charge in [-0.05, 0) is 18.1 Å². The Bertz CT molecular complexity index is 551. The molecule has 94 valence electrons. The minimum Gasteiger partial charge on any atom is -0.347 e. The van der Waals surface area contributed by atoms with Gasteiger partial charge in [-0.15, -0.1) is 11.3 Å². The predicted octanol–water partition coefficient (Wildman–Crippen LogP) is 1.84. The van der Waals surface area contributed by atoms with Crippen LogP contribution in [0, 0.1) is 6.92 Å². The highest BCUT2D eigenvalue weighted by Crippen LogP contribution is 2.12. The molecule has 2 aromatic rings. The smallest absolute Gasteiger partial charge is 0.263 e. The summed E-state index contributed by atoms with van der Waals surface area (Å²) >= 11 is 1.39. The molecule has 0 bridgehead atoms. The molecule has 4 nitrogen and oxygen atoms in total. The minimum atomic E-state index is -0.0903. The molecule has 0 aliphatic carbocycles. The summed E-state index contributed by atoms with van der Waals surface area (Å²) in [5, 5.41) is 3.77. The number of nitrogens with two attached hydrogens (primary N) is 1. The number of carbonyl (C=O) groups excluding carboxylic acids is 1. The molecule has 0 aliphatic rings. The molecule has 0 spiro atoms. The van der Waals surface area contributed by atoms with E-state index in [9.17, 15) is 4.79 Å². The van der Waals surface area contributed by atoms with Gasteiger partial charge in [0.25, 0.3) is 5.91 Å². The average molecular weight is 261 g/mol. The van der Waals surface area contributed by atoms with Crippen molar-refractivity contribution in [3.63, 3.8) is 0 Å². The van der Waals surface area contributed by atoms with Crippen molar-refractivity contribution < 1.29 is 4.79 Å². The summed E-state index contributed by atoms with van der Waals surface area (Å²) < 4.78 is 0. The third-order valence-electron chi connectivity index (χ3n) is 2.62. The van der Waals surface area contributed by atoms with E-state index in [0.29, 0.717) is 18.0 Å². The second-order valence-corrected chi connectivity index (χ2v) is 5.13. The maximum absolute atomic E-state index is 11.9. The van der Waals surface area contributed by atoms with Crippen LogP contribution in [0.4, 0.5) is 0 Å². The lowest BCUT2D eigenvalue weighted by molar-refractivity contribution is 0.0954. The van der Waals surface area contributed by atoms with Crippen molar-refractivity contribution in [2.24, 2.45) is 5.73 Å². The quantitative estimate of drug-likeness (QED) is 0.882. The number of thiazole rings is 1. The van der Waals surface area contributed by atoms with Crippen molar-refractivity contribution in [1.82, 2.24) is 10.3 Å². The van der Waals surface area contributed by atoms with Crippen LogP contribution in [0.5, 0.6) is 0 Å². The van der Waals surface area contributed by atoms with Gasteiger partial charge in [-0.25, -0.2) is 4.98 Å². The molecule has 3 N–H and O–H groups in total. The molecule has 0 saturated carbocycles. The van der Waals surface area contributed by atoms with E-state index in [2.05, 4.69) is 10.3 Å². The zero-order chi connectivity index (χ0) is 13.0. The van der Waals surface area contributed by atoms with Crippen molar-refractivity contribution >= 4 is 17.2 Å². The van der Waals surface area contributed by atoms with Gasteiger partial charge in [-0.3, -0.25) is 4.79 Å². The van der Waals surface area contributed by atoms with Gasteiger partial charge in [0.1, 0.15) is 4.88 Å². The summed E-state index contributed by atoms with van der Waals surface area (Å²) in [6, 6.07) is 7.83. The second kappa shape index (κ2) is 5.75. The molecular formula is C13H15N3OS. The van der Waals surface area contributed by atoms with Crippen molar-refractivity contribution in [2.45, 2.75) is 20.0 Å².